The minimum Gasteiger partial charge on any atom is -0.507 e. The van der Waals surface area contributed by atoms with Gasteiger partial charge in [-0.15, -0.1) is 0 Å². The van der Waals surface area contributed by atoms with Gasteiger partial charge in [0.15, 0.2) is 0 Å². The van der Waals surface area contributed by atoms with Gasteiger partial charge < -0.3 is 10.4 Å². The molecular formula is C21H26N2O2. The van der Waals surface area contributed by atoms with Gasteiger partial charge in [0.25, 0.3) is 5.91 Å². The van der Waals surface area contributed by atoms with Crippen LogP contribution in [0.1, 0.15) is 35.3 Å². The maximum atomic E-state index is 12.4. The molecule has 3 rings (SSSR count). The number of aromatic hydroxyl groups is 1. The molecule has 2 aromatic carbocycles. The van der Waals surface area contributed by atoms with Gasteiger partial charge in [-0.2, -0.15) is 0 Å². The highest BCUT2D eigenvalue weighted by Crippen LogP contribution is 2.23. The summed E-state index contributed by atoms with van der Waals surface area (Å²) in [5.74, 6) is 0.226. The first kappa shape index (κ1) is 17.5. The number of phenolic OH excluding ortho intramolecular Hbond substituents is 1. The number of fused-ring (bicyclic) bond motifs is 1. The molecule has 2 aromatic rings. The Balaban J connectivity index is 1.66. The van der Waals surface area contributed by atoms with Crippen LogP contribution >= 0.6 is 0 Å². The van der Waals surface area contributed by atoms with Crippen molar-refractivity contribution in [1.29, 1.82) is 0 Å². The summed E-state index contributed by atoms with van der Waals surface area (Å²) in [6.07, 6.45) is 1.05. The van der Waals surface area contributed by atoms with Crippen molar-refractivity contribution < 1.29 is 9.90 Å². The van der Waals surface area contributed by atoms with E-state index in [-0.39, 0.29) is 17.7 Å². The monoisotopic (exact) mass is 338 g/mol. The van der Waals surface area contributed by atoms with Crippen LogP contribution in [0.3, 0.4) is 0 Å². The van der Waals surface area contributed by atoms with Gasteiger partial charge in [0, 0.05) is 25.7 Å². The second-order valence-electron chi connectivity index (χ2n) is 7.03. The summed E-state index contributed by atoms with van der Waals surface area (Å²) >= 11 is 0. The highest BCUT2D eigenvalue weighted by Gasteiger charge is 2.26. The van der Waals surface area contributed by atoms with Gasteiger partial charge in [0.05, 0.1) is 5.56 Å². The SMILES string of the molecule is CC(C)[C@H](CNC(=O)c1ccccc1O)N1CCc2ccccc2C1. The van der Waals surface area contributed by atoms with E-state index in [1.807, 2.05) is 0 Å². The lowest BCUT2D eigenvalue weighted by Gasteiger charge is -2.38. The predicted molar refractivity (Wildman–Crippen MR) is 99.6 cm³/mol. The number of hydrogen-bond acceptors (Lipinski definition) is 3. The number of hydrogen-bond donors (Lipinski definition) is 2. The van der Waals surface area contributed by atoms with Crippen LogP contribution in [0.4, 0.5) is 0 Å². The van der Waals surface area contributed by atoms with Crippen LogP contribution in [0.15, 0.2) is 48.5 Å². The highest BCUT2D eigenvalue weighted by atomic mass is 16.3. The van der Waals surface area contributed by atoms with E-state index >= 15 is 0 Å². The second kappa shape index (κ2) is 7.70. The Morgan fingerprint density at radius 1 is 1.12 bits per heavy atom. The number of benzene rings is 2. The van der Waals surface area contributed by atoms with Crippen LogP contribution in [0.25, 0.3) is 0 Å². The molecule has 0 fully saturated rings. The Hall–Kier alpha value is -2.33. The number of rotatable bonds is 5. The lowest BCUT2D eigenvalue weighted by Crippen LogP contribution is -2.48. The van der Waals surface area contributed by atoms with E-state index in [0.717, 1.165) is 19.5 Å². The summed E-state index contributed by atoms with van der Waals surface area (Å²) in [4.78, 5) is 14.8. The molecule has 0 spiro atoms. The number of nitrogens with zero attached hydrogens (tertiary/aromatic N) is 1. The van der Waals surface area contributed by atoms with Gasteiger partial charge in [-0.3, -0.25) is 9.69 Å². The third kappa shape index (κ3) is 4.02. The van der Waals surface area contributed by atoms with E-state index in [2.05, 4.69) is 48.3 Å². The number of para-hydroxylation sites is 1. The number of amides is 1. The molecule has 0 aromatic heterocycles. The van der Waals surface area contributed by atoms with Crippen molar-refractivity contribution >= 4 is 5.91 Å². The van der Waals surface area contributed by atoms with Crippen molar-refractivity contribution in [2.45, 2.75) is 32.9 Å². The van der Waals surface area contributed by atoms with Gasteiger partial charge in [-0.1, -0.05) is 50.2 Å². The highest BCUT2D eigenvalue weighted by molar-refractivity contribution is 5.96. The van der Waals surface area contributed by atoms with Gasteiger partial charge in [0.1, 0.15) is 5.75 Å². The minimum atomic E-state index is -0.221. The van der Waals surface area contributed by atoms with Crippen LogP contribution in [0.5, 0.6) is 5.75 Å². The van der Waals surface area contributed by atoms with E-state index in [1.54, 1.807) is 18.2 Å². The quantitative estimate of drug-likeness (QED) is 0.880. The van der Waals surface area contributed by atoms with E-state index in [9.17, 15) is 9.90 Å². The second-order valence-corrected chi connectivity index (χ2v) is 7.03. The Morgan fingerprint density at radius 3 is 2.52 bits per heavy atom. The van der Waals surface area contributed by atoms with Crippen molar-refractivity contribution in [3.8, 4) is 5.75 Å². The van der Waals surface area contributed by atoms with Crippen molar-refractivity contribution in [1.82, 2.24) is 10.2 Å². The Bertz CT molecular complexity index is 742. The van der Waals surface area contributed by atoms with Gasteiger partial charge in [-0.25, -0.2) is 0 Å². The van der Waals surface area contributed by atoms with Crippen LogP contribution < -0.4 is 5.32 Å². The molecule has 1 heterocycles. The normalized spacial score (nSPS) is 15.6. The standard InChI is InChI=1S/C21H26N2O2/c1-15(2)19(13-22-21(25)18-9-5-6-10-20(18)24)23-12-11-16-7-3-4-8-17(16)14-23/h3-10,15,19,24H,11-14H2,1-2H3,(H,22,25)/t19-/m0/s1. The Kier molecular flexibility index (Phi) is 5.39. The van der Waals surface area contributed by atoms with Crippen LogP contribution in [0.2, 0.25) is 0 Å². The zero-order valence-electron chi connectivity index (χ0n) is 14.9. The molecule has 4 heteroatoms. The molecule has 0 saturated carbocycles. The molecule has 0 saturated heterocycles. The number of carbonyl (C=O) groups excluding carboxylic acids is 1. The van der Waals surface area contributed by atoms with Crippen LogP contribution in [0, 0.1) is 5.92 Å². The largest absolute Gasteiger partial charge is 0.507 e. The molecular weight excluding hydrogens is 312 g/mol. The number of carbonyl (C=O) groups is 1. The molecule has 1 atom stereocenters. The first-order chi connectivity index (χ1) is 12.1. The third-order valence-electron chi connectivity index (χ3n) is 5.02. The van der Waals surface area contributed by atoms with E-state index in [1.165, 1.54) is 17.2 Å². The van der Waals surface area contributed by atoms with Crippen molar-refractivity contribution in [3.63, 3.8) is 0 Å². The van der Waals surface area contributed by atoms with Crippen molar-refractivity contribution in [3.05, 3.63) is 65.2 Å². The van der Waals surface area contributed by atoms with Crippen molar-refractivity contribution in [2.75, 3.05) is 13.1 Å². The fourth-order valence-corrected chi connectivity index (χ4v) is 3.55. The molecule has 2 N–H and O–H groups in total. The van der Waals surface area contributed by atoms with E-state index in [4.69, 9.17) is 0 Å². The molecule has 25 heavy (non-hydrogen) atoms. The first-order valence-corrected chi connectivity index (χ1v) is 8.93. The summed E-state index contributed by atoms with van der Waals surface area (Å²) in [6.45, 7) is 6.89. The molecule has 0 unspecified atom stereocenters. The van der Waals surface area contributed by atoms with E-state index < -0.39 is 0 Å². The molecule has 132 valence electrons. The smallest absolute Gasteiger partial charge is 0.255 e. The molecule has 1 amide bonds. The Labute approximate surface area is 149 Å². The number of nitrogens with one attached hydrogen (secondary N) is 1. The maximum absolute atomic E-state index is 12.4. The fourth-order valence-electron chi connectivity index (χ4n) is 3.55. The summed E-state index contributed by atoms with van der Waals surface area (Å²) in [5, 5.41) is 12.8. The molecule has 4 nitrogen and oxygen atoms in total. The topological polar surface area (TPSA) is 52.6 Å². The van der Waals surface area contributed by atoms with Gasteiger partial charge in [-0.05, 0) is 35.6 Å². The molecule has 0 radical (unpaired) electrons. The minimum absolute atomic E-state index is 0.0213. The average molecular weight is 338 g/mol. The fraction of sp³-hybridized carbons (Fsp3) is 0.381. The van der Waals surface area contributed by atoms with Crippen LogP contribution in [-0.4, -0.2) is 35.0 Å². The average Bonchev–Trinajstić information content (AvgIpc) is 2.61. The van der Waals surface area contributed by atoms with Crippen molar-refractivity contribution in [2.24, 2.45) is 5.92 Å². The summed E-state index contributed by atoms with van der Waals surface area (Å²) in [5.41, 5.74) is 3.14. The predicted octanol–water partition coefficient (Wildman–Crippen LogP) is 3.20. The summed E-state index contributed by atoms with van der Waals surface area (Å²) in [6, 6.07) is 15.5. The van der Waals surface area contributed by atoms with Crippen LogP contribution in [-0.2, 0) is 13.0 Å². The lowest BCUT2D eigenvalue weighted by atomic mass is 9.95. The molecule has 0 bridgehead atoms. The summed E-state index contributed by atoms with van der Waals surface area (Å²) in [7, 11) is 0. The third-order valence-corrected chi connectivity index (χ3v) is 5.02. The Morgan fingerprint density at radius 2 is 1.80 bits per heavy atom. The van der Waals surface area contributed by atoms with Gasteiger partial charge in [0.2, 0.25) is 0 Å². The molecule has 0 aliphatic carbocycles. The van der Waals surface area contributed by atoms with Gasteiger partial charge >= 0.3 is 0 Å². The number of phenols is 1. The summed E-state index contributed by atoms with van der Waals surface area (Å²) < 4.78 is 0. The van der Waals surface area contributed by atoms with E-state index in [0.29, 0.717) is 18.0 Å². The maximum Gasteiger partial charge on any atom is 0.255 e. The first-order valence-electron chi connectivity index (χ1n) is 8.93. The zero-order valence-corrected chi connectivity index (χ0v) is 14.9. The molecule has 1 aliphatic rings. The lowest BCUT2D eigenvalue weighted by molar-refractivity contribution is 0.0901. The molecule has 1 aliphatic heterocycles. The zero-order chi connectivity index (χ0) is 17.8.